The first-order chi connectivity index (χ1) is 11.5. The second kappa shape index (κ2) is 8.40. The third-order valence-corrected chi connectivity index (χ3v) is 4.35. The SMILES string of the molecule is CCc1cccc(NC(=O)COC(=O)c2ccccc2[S@](C)=O)c1. The molecule has 2 rings (SSSR count). The maximum atomic E-state index is 12.1. The van der Waals surface area contributed by atoms with Crippen LogP contribution in [0, 0.1) is 0 Å². The Hall–Kier alpha value is -2.47. The third-order valence-electron chi connectivity index (χ3n) is 3.37. The van der Waals surface area contributed by atoms with Crippen molar-refractivity contribution in [3.63, 3.8) is 0 Å². The lowest BCUT2D eigenvalue weighted by Crippen LogP contribution is -2.21. The highest BCUT2D eigenvalue weighted by Crippen LogP contribution is 2.14. The molecular weight excluding hydrogens is 326 g/mol. The topological polar surface area (TPSA) is 72.5 Å². The van der Waals surface area contributed by atoms with Crippen molar-refractivity contribution in [1.82, 2.24) is 0 Å². The van der Waals surface area contributed by atoms with Crippen molar-refractivity contribution in [2.24, 2.45) is 0 Å². The highest BCUT2D eigenvalue weighted by atomic mass is 32.2. The van der Waals surface area contributed by atoms with E-state index in [0.29, 0.717) is 10.6 Å². The normalized spacial score (nSPS) is 11.6. The molecule has 0 bridgehead atoms. The zero-order valence-electron chi connectivity index (χ0n) is 13.6. The monoisotopic (exact) mass is 345 g/mol. The minimum absolute atomic E-state index is 0.208. The molecule has 0 saturated carbocycles. The number of benzene rings is 2. The van der Waals surface area contributed by atoms with Crippen LogP contribution in [-0.2, 0) is 26.8 Å². The maximum absolute atomic E-state index is 12.1. The van der Waals surface area contributed by atoms with E-state index in [-0.39, 0.29) is 5.56 Å². The molecule has 0 radical (unpaired) electrons. The van der Waals surface area contributed by atoms with Gasteiger partial charge in [0.2, 0.25) is 0 Å². The molecule has 126 valence electrons. The summed E-state index contributed by atoms with van der Waals surface area (Å²) < 4.78 is 16.7. The highest BCUT2D eigenvalue weighted by Gasteiger charge is 2.16. The van der Waals surface area contributed by atoms with E-state index in [2.05, 4.69) is 5.32 Å². The number of hydrogen-bond donors (Lipinski definition) is 1. The number of carbonyl (C=O) groups is 2. The predicted molar refractivity (Wildman–Crippen MR) is 93.5 cm³/mol. The average molecular weight is 345 g/mol. The van der Waals surface area contributed by atoms with Crippen LogP contribution in [0.2, 0.25) is 0 Å². The molecule has 0 aliphatic carbocycles. The van der Waals surface area contributed by atoms with Gasteiger partial charge in [-0.2, -0.15) is 0 Å². The first-order valence-electron chi connectivity index (χ1n) is 7.49. The number of anilines is 1. The van der Waals surface area contributed by atoms with Crippen molar-refractivity contribution in [1.29, 1.82) is 0 Å². The summed E-state index contributed by atoms with van der Waals surface area (Å²) in [5.41, 5.74) is 1.97. The van der Waals surface area contributed by atoms with Crippen LogP contribution in [0.4, 0.5) is 5.69 Å². The summed E-state index contributed by atoms with van der Waals surface area (Å²) in [6, 6.07) is 13.9. The molecule has 0 aliphatic heterocycles. The summed E-state index contributed by atoms with van der Waals surface area (Å²) in [5.74, 6) is -1.09. The molecular formula is C18H19NO4S. The number of amides is 1. The van der Waals surface area contributed by atoms with Gasteiger partial charge in [-0.15, -0.1) is 0 Å². The molecule has 0 heterocycles. The van der Waals surface area contributed by atoms with Crippen LogP contribution in [-0.4, -0.2) is 28.9 Å². The lowest BCUT2D eigenvalue weighted by Gasteiger charge is -2.09. The van der Waals surface area contributed by atoms with Crippen LogP contribution in [0.3, 0.4) is 0 Å². The standard InChI is InChI=1S/C18H19NO4S/c1-3-13-7-6-8-14(11-13)19-17(20)12-23-18(21)15-9-4-5-10-16(15)24(2)22/h4-11H,3,12H2,1-2H3,(H,19,20)/t24-/m0/s1. The summed E-state index contributed by atoms with van der Waals surface area (Å²) in [6.45, 7) is 1.62. The van der Waals surface area contributed by atoms with Crippen molar-refractivity contribution in [2.45, 2.75) is 18.2 Å². The van der Waals surface area contributed by atoms with Gasteiger partial charge in [0.25, 0.3) is 5.91 Å². The van der Waals surface area contributed by atoms with Crippen LogP contribution < -0.4 is 5.32 Å². The van der Waals surface area contributed by atoms with Gasteiger partial charge in [0, 0.05) is 11.9 Å². The first-order valence-corrected chi connectivity index (χ1v) is 9.05. The van der Waals surface area contributed by atoms with Crippen LogP contribution in [0.5, 0.6) is 0 Å². The van der Waals surface area contributed by atoms with Gasteiger partial charge in [-0.3, -0.25) is 9.00 Å². The second-order valence-electron chi connectivity index (χ2n) is 5.13. The minimum Gasteiger partial charge on any atom is -0.452 e. The molecule has 0 aliphatic rings. The second-order valence-corrected chi connectivity index (χ2v) is 6.48. The quantitative estimate of drug-likeness (QED) is 0.817. The van der Waals surface area contributed by atoms with Gasteiger partial charge >= 0.3 is 5.97 Å². The molecule has 0 spiro atoms. The Morgan fingerprint density at radius 2 is 1.88 bits per heavy atom. The Bertz CT molecular complexity index is 773. The molecule has 0 saturated heterocycles. The molecule has 0 unspecified atom stereocenters. The first kappa shape index (κ1) is 17.9. The summed E-state index contributed by atoms with van der Waals surface area (Å²) in [7, 11) is -1.31. The Labute approximate surface area is 143 Å². The van der Waals surface area contributed by atoms with Crippen molar-refractivity contribution >= 4 is 28.4 Å². The summed E-state index contributed by atoms with van der Waals surface area (Å²) >= 11 is 0. The van der Waals surface area contributed by atoms with Crippen LogP contribution in [0.1, 0.15) is 22.8 Å². The fraction of sp³-hybridized carbons (Fsp3) is 0.222. The Morgan fingerprint density at radius 1 is 1.12 bits per heavy atom. The number of hydrogen-bond acceptors (Lipinski definition) is 4. The Balaban J connectivity index is 1.96. The molecule has 1 atom stereocenters. The van der Waals surface area contributed by atoms with Crippen molar-refractivity contribution in [2.75, 3.05) is 18.2 Å². The lowest BCUT2D eigenvalue weighted by molar-refractivity contribution is -0.119. The molecule has 6 heteroatoms. The summed E-state index contributed by atoms with van der Waals surface area (Å²) in [5, 5.41) is 2.68. The maximum Gasteiger partial charge on any atom is 0.339 e. The van der Waals surface area contributed by atoms with Gasteiger partial charge in [0.05, 0.1) is 21.3 Å². The number of esters is 1. The Morgan fingerprint density at radius 3 is 2.58 bits per heavy atom. The summed E-state index contributed by atoms with van der Waals surface area (Å²) in [6.07, 6.45) is 2.35. The van der Waals surface area contributed by atoms with E-state index in [1.807, 2.05) is 25.1 Å². The highest BCUT2D eigenvalue weighted by molar-refractivity contribution is 7.84. The molecule has 5 nitrogen and oxygen atoms in total. The molecule has 0 aromatic heterocycles. The summed E-state index contributed by atoms with van der Waals surface area (Å²) in [4.78, 5) is 24.4. The third kappa shape index (κ3) is 4.76. The van der Waals surface area contributed by atoms with E-state index in [0.717, 1.165) is 12.0 Å². The minimum atomic E-state index is -1.31. The molecule has 1 amide bonds. The molecule has 1 N–H and O–H groups in total. The Kier molecular flexibility index (Phi) is 6.26. The van der Waals surface area contributed by atoms with E-state index in [1.54, 1.807) is 24.3 Å². The number of nitrogens with one attached hydrogen (secondary N) is 1. The lowest BCUT2D eigenvalue weighted by atomic mass is 10.1. The molecule has 2 aromatic carbocycles. The zero-order valence-corrected chi connectivity index (χ0v) is 14.4. The van der Waals surface area contributed by atoms with E-state index >= 15 is 0 Å². The van der Waals surface area contributed by atoms with Crippen LogP contribution >= 0.6 is 0 Å². The molecule has 0 fully saturated rings. The van der Waals surface area contributed by atoms with E-state index in [4.69, 9.17) is 4.74 Å². The molecule has 24 heavy (non-hydrogen) atoms. The van der Waals surface area contributed by atoms with Gasteiger partial charge in [0.1, 0.15) is 0 Å². The average Bonchev–Trinajstić information content (AvgIpc) is 2.59. The van der Waals surface area contributed by atoms with Gasteiger partial charge < -0.3 is 10.1 Å². The van der Waals surface area contributed by atoms with Gasteiger partial charge in [-0.1, -0.05) is 31.2 Å². The fourth-order valence-electron chi connectivity index (χ4n) is 2.16. The largest absolute Gasteiger partial charge is 0.452 e. The van der Waals surface area contributed by atoms with Crippen LogP contribution in [0.15, 0.2) is 53.4 Å². The number of aryl methyl sites for hydroxylation is 1. The van der Waals surface area contributed by atoms with E-state index in [1.165, 1.54) is 12.3 Å². The van der Waals surface area contributed by atoms with Gasteiger partial charge in [-0.05, 0) is 36.2 Å². The zero-order chi connectivity index (χ0) is 17.5. The van der Waals surface area contributed by atoms with Gasteiger partial charge in [-0.25, -0.2) is 4.79 Å². The number of rotatable bonds is 6. The number of ether oxygens (including phenoxy) is 1. The van der Waals surface area contributed by atoms with Gasteiger partial charge in [0.15, 0.2) is 6.61 Å². The number of carbonyl (C=O) groups excluding carboxylic acids is 2. The van der Waals surface area contributed by atoms with Crippen molar-refractivity contribution in [3.05, 3.63) is 59.7 Å². The smallest absolute Gasteiger partial charge is 0.339 e. The predicted octanol–water partition coefficient (Wildman–Crippen LogP) is 2.78. The van der Waals surface area contributed by atoms with Crippen molar-refractivity contribution < 1.29 is 18.5 Å². The van der Waals surface area contributed by atoms with E-state index in [9.17, 15) is 13.8 Å². The fourth-order valence-corrected chi connectivity index (χ4v) is 2.89. The van der Waals surface area contributed by atoms with Crippen molar-refractivity contribution in [3.8, 4) is 0 Å². The van der Waals surface area contributed by atoms with E-state index < -0.39 is 29.3 Å². The molecule has 2 aromatic rings. The van der Waals surface area contributed by atoms with Crippen LogP contribution in [0.25, 0.3) is 0 Å².